The zero-order valence-corrected chi connectivity index (χ0v) is 11.5. The van der Waals surface area contributed by atoms with Gasteiger partial charge >= 0.3 is 0 Å². The predicted octanol–water partition coefficient (Wildman–Crippen LogP) is 1.16. The fourth-order valence-electron chi connectivity index (χ4n) is 2.54. The van der Waals surface area contributed by atoms with E-state index in [1.54, 1.807) is 7.11 Å². The number of ether oxygens (including phenoxy) is 1. The van der Waals surface area contributed by atoms with Crippen LogP contribution in [0.4, 0.5) is 0 Å². The molecule has 2 rings (SSSR count). The van der Waals surface area contributed by atoms with Crippen LogP contribution in [0.2, 0.25) is 0 Å². The van der Waals surface area contributed by atoms with Gasteiger partial charge < -0.3 is 10.1 Å². The van der Waals surface area contributed by atoms with Crippen molar-refractivity contribution in [1.29, 1.82) is 0 Å². The molecule has 1 heterocycles. The zero-order chi connectivity index (χ0) is 13.0. The number of piperazine rings is 1. The van der Waals surface area contributed by atoms with Gasteiger partial charge in [-0.15, -0.1) is 0 Å². The highest BCUT2D eigenvalue weighted by Gasteiger charge is 2.23. The lowest BCUT2D eigenvalue weighted by molar-refractivity contribution is 0.0672. The first-order valence-electron chi connectivity index (χ1n) is 6.47. The van der Waals surface area contributed by atoms with Gasteiger partial charge in [0.15, 0.2) is 0 Å². The molecule has 1 aromatic rings. The normalized spacial score (nSPS) is 18.9. The highest BCUT2D eigenvalue weighted by molar-refractivity contribution is 5.29. The van der Waals surface area contributed by atoms with Crippen molar-refractivity contribution in [1.82, 2.24) is 15.1 Å². The van der Waals surface area contributed by atoms with Gasteiger partial charge in [-0.25, -0.2) is 0 Å². The van der Waals surface area contributed by atoms with Gasteiger partial charge in [-0.05, 0) is 31.8 Å². The minimum absolute atomic E-state index is 0.345. The number of benzene rings is 1. The Hall–Kier alpha value is -1.10. The summed E-state index contributed by atoms with van der Waals surface area (Å²) in [6, 6.07) is 8.39. The zero-order valence-electron chi connectivity index (χ0n) is 11.5. The maximum absolute atomic E-state index is 5.22. The third-order valence-corrected chi connectivity index (χ3v) is 3.40. The molecular formula is C14H23N3O. The summed E-state index contributed by atoms with van der Waals surface area (Å²) >= 11 is 0. The lowest BCUT2D eigenvalue weighted by Gasteiger charge is -2.38. The van der Waals surface area contributed by atoms with Crippen LogP contribution in [0.1, 0.15) is 11.7 Å². The second kappa shape index (κ2) is 6.18. The highest BCUT2D eigenvalue weighted by atomic mass is 16.5. The molecule has 1 N–H and O–H groups in total. The van der Waals surface area contributed by atoms with Gasteiger partial charge in [-0.1, -0.05) is 12.1 Å². The van der Waals surface area contributed by atoms with E-state index in [2.05, 4.69) is 41.3 Å². The molecule has 0 spiro atoms. The van der Waals surface area contributed by atoms with Gasteiger partial charge in [0, 0.05) is 26.2 Å². The van der Waals surface area contributed by atoms with E-state index in [1.165, 1.54) is 5.56 Å². The Bertz CT molecular complexity index is 358. The quantitative estimate of drug-likeness (QED) is 0.866. The van der Waals surface area contributed by atoms with E-state index in [1.807, 2.05) is 12.1 Å². The summed E-state index contributed by atoms with van der Waals surface area (Å²) in [6.45, 7) is 4.32. The third kappa shape index (κ3) is 3.02. The van der Waals surface area contributed by atoms with Gasteiger partial charge in [-0.3, -0.25) is 9.80 Å². The monoisotopic (exact) mass is 249 g/mol. The lowest BCUT2D eigenvalue weighted by Crippen LogP contribution is -2.48. The Labute approximate surface area is 110 Å². The first kappa shape index (κ1) is 13.3. The predicted molar refractivity (Wildman–Crippen MR) is 73.9 cm³/mol. The molecule has 1 unspecified atom stereocenters. The van der Waals surface area contributed by atoms with E-state index in [0.717, 1.165) is 31.9 Å². The minimum Gasteiger partial charge on any atom is -0.497 e. The molecule has 0 bridgehead atoms. The summed E-state index contributed by atoms with van der Waals surface area (Å²) in [4.78, 5) is 4.78. The lowest BCUT2D eigenvalue weighted by atomic mass is 10.1. The molecular weight excluding hydrogens is 226 g/mol. The topological polar surface area (TPSA) is 27.7 Å². The number of rotatable bonds is 4. The van der Waals surface area contributed by atoms with Crippen molar-refractivity contribution in [3.8, 4) is 5.75 Å². The van der Waals surface area contributed by atoms with E-state index in [9.17, 15) is 0 Å². The summed E-state index contributed by atoms with van der Waals surface area (Å²) in [7, 11) is 5.97. The van der Waals surface area contributed by atoms with E-state index in [4.69, 9.17) is 4.74 Å². The van der Waals surface area contributed by atoms with Crippen LogP contribution in [0.3, 0.4) is 0 Å². The molecule has 0 amide bonds. The number of hydrogen-bond donors (Lipinski definition) is 1. The van der Waals surface area contributed by atoms with Crippen LogP contribution >= 0.6 is 0 Å². The Balaban J connectivity index is 2.17. The molecule has 0 aromatic heterocycles. The van der Waals surface area contributed by atoms with E-state index >= 15 is 0 Å². The summed E-state index contributed by atoms with van der Waals surface area (Å²) in [5, 5.41) is 3.40. The fraction of sp³-hybridized carbons (Fsp3) is 0.571. The fourth-order valence-corrected chi connectivity index (χ4v) is 2.54. The Morgan fingerprint density at radius 2 is 1.78 bits per heavy atom. The smallest absolute Gasteiger partial charge is 0.118 e. The molecule has 18 heavy (non-hydrogen) atoms. The maximum atomic E-state index is 5.22. The second-order valence-corrected chi connectivity index (χ2v) is 4.90. The van der Waals surface area contributed by atoms with Crippen molar-refractivity contribution in [2.75, 3.05) is 47.4 Å². The van der Waals surface area contributed by atoms with Crippen molar-refractivity contribution < 1.29 is 4.74 Å². The van der Waals surface area contributed by atoms with Crippen molar-refractivity contribution in [2.24, 2.45) is 0 Å². The minimum atomic E-state index is 0.345. The molecule has 4 heteroatoms. The molecule has 100 valence electrons. The third-order valence-electron chi connectivity index (χ3n) is 3.40. The number of nitrogens with one attached hydrogen (secondary N) is 1. The van der Waals surface area contributed by atoms with Crippen LogP contribution in [0.5, 0.6) is 5.75 Å². The van der Waals surface area contributed by atoms with Gasteiger partial charge in [-0.2, -0.15) is 0 Å². The van der Waals surface area contributed by atoms with Gasteiger partial charge in [0.2, 0.25) is 0 Å². The van der Waals surface area contributed by atoms with Gasteiger partial charge in [0.1, 0.15) is 5.75 Å². The Kier molecular flexibility index (Phi) is 4.58. The molecule has 1 saturated heterocycles. The molecule has 0 saturated carbocycles. The molecule has 1 fully saturated rings. The summed E-state index contributed by atoms with van der Waals surface area (Å²) < 4.78 is 5.22. The number of nitrogens with zero attached hydrogens (tertiary/aromatic N) is 2. The van der Waals surface area contributed by atoms with Gasteiger partial charge in [0.05, 0.1) is 13.3 Å². The SMILES string of the molecule is COc1ccc(C(N(C)C)N2CCNCC2)cc1. The average Bonchev–Trinajstić information content (AvgIpc) is 2.40. The molecule has 1 aliphatic heterocycles. The Morgan fingerprint density at radius 1 is 1.17 bits per heavy atom. The van der Waals surface area contributed by atoms with Crippen LogP contribution in [0.25, 0.3) is 0 Å². The molecule has 1 aromatic carbocycles. The standard InChI is InChI=1S/C14H23N3O/c1-16(2)14(17-10-8-15-9-11-17)12-4-6-13(18-3)7-5-12/h4-7,14-15H,8-11H2,1-3H3. The van der Waals surface area contributed by atoms with Crippen molar-refractivity contribution in [3.63, 3.8) is 0 Å². The van der Waals surface area contributed by atoms with Crippen LogP contribution in [-0.4, -0.2) is 57.2 Å². The average molecular weight is 249 g/mol. The van der Waals surface area contributed by atoms with Gasteiger partial charge in [0.25, 0.3) is 0 Å². The van der Waals surface area contributed by atoms with E-state index in [0.29, 0.717) is 6.17 Å². The van der Waals surface area contributed by atoms with Crippen molar-refractivity contribution in [2.45, 2.75) is 6.17 Å². The molecule has 1 atom stereocenters. The Morgan fingerprint density at radius 3 is 2.28 bits per heavy atom. The second-order valence-electron chi connectivity index (χ2n) is 4.90. The molecule has 4 nitrogen and oxygen atoms in total. The highest BCUT2D eigenvalue weighted by Crippen LogP contribution is 2.25. The molecule has 0 aliphatic carbocycles. The van der Waals surface area contributed by atoms with Crippen molar-refractivity contribution in [3.05, 3.63) is 29.8 Å². The van der Waals surface area contributed by atoms with Crippen LogP contribution in [-0.2, 0) is 0 Å². The van der Waals surface area contributed by atoms with Crippen molar-refractivity contribution >= 4 is 0 Å². The summed E-state index contributed by atoms with van der Waals surface area (Å²) in [6.07, 6.45) is 0.345. The first-order chi connectivity index (χ1) is 8.72. The molecule has 1 aliphatic rings. The number of hydrogen-bond acceptors (Lipinski definition) is 4. The maximum Gasteiger partial charge on any atom is 0.118 e. The van der Waals surface area contributed by atoms with E-state index in [-0.39, 0.29) is 0 Å². The molecule has 0 radical (unpaired) electrons. The van der Waals surface area contributed by atoms with E-state index < -0.39 is 0 Å². The largest absolute Gasteiger partial charge is 0.497 e. The van der Waals surface area contributed by atoms with Crippen LogP contribution < -0.4 is 10.1 Å². The number of methoxy groups -OCH3 is 1. The first-order valence-corrected chi connectivity index (χ1v) is 6.47. The van der Waals surface area contributed by atoms with Crippen LogP contribution in [0.15, 0.2) is 24.3 Å². The summed E-state index contributed by atoms with van der Waals surface area (Å²) in [5.74, 6) is 0.913. The summed E-state index contributed by atoms with van der Waals surface area (Å²) in [5.41, 5.74) is 1.32. The van der Waals surface area contributed by atoms with Crippen LogP contribution in [0, 0.1) is 0 Å².